The van der Waals surface area contributed by atoms with E-state index in [2.05, 4.69) is 15.3 Å². The fourth-order valence-electron chi connectivity index (χ4n) is 3.97. The molecule has 11 nitrogen and oxygen atoms in total. The highest BCUT2D eigenvalue weighted by Gasteiger charge is 2.28. The number of rotatable bonds is 5. The fraction of sp³-hybridized carbons (Fsp3) is 0.0357. The Morgan fingerprint density at radius 1 is 0.897 bits per heavy atom. The Kier molecular flexibility index (Phi) is 6.86. The van der Waals surface area contributed by atoms with Gasteiger partial charge in [0.1, 0.15) is 17.8 Å². The van der Waals surface area contributed by atoms with Crippen molar-refractivity contribution in [2.75, 3.05) is 11.9 Å². The summed E-state index contributed by atoms with van der Waals surface area (Å²) in [5.41, 5.74) is 1.99. The lowest BCUT2D eigenvalue weighted by molar-refractivity contribution is 0.187. The molecule has 5 rings (SSSR count). The molecule has 0 bridgehead atoms. The quantitative estimate of drug-likeness (QED) is 0.297. The molecule has 2 N–H and O–H groups in total. The first kappa shape index (κ1) is 25.0. The summed E-state index contributed by atoms with van der Waals surface area (Å²) in [7, 11) is 1.52. The molecule has 0 atom stereocenters. The van der Waals surface area contributed by atoms with Gasteiger partial charge in [0.05, 0.1) is 5.52 Å². The molecule has 3 amide bonds. The van der Waals surface area contributed by atoms with E-state index in [-0.39, 0.29) is 23.5 Å². The second-order valence-electron chi connectivity index (χ2n) is 8.09. The van der Waals surface area contributed by atoms with Crippen molar-refractivity contribution >= 4 is 34.9 Å². The van der Waals surface area contributed by atoms with Gasteiger partial charge in [-0.05, 0) is 29.8 Å². The van der Waals surface area contributed by atoms with E-state index < -0.39 is 12.2 Å². The van der Waals surface area contributed by atoms with Gasteiger partial charge < -0.3 is 19.9 Å². The molecule has 39 heavy (non-hydrogen) atoms. The Labute approximate surface area is 221 Å². The molecule has 0 aliphatic heterocycles. The standard InChI is InChI=1S/C28H21N5O6/c1-29-26(34)32-15-14-20-21(32)11-7-13-23(20)38-25-16-24(30-17-31-25)33(27(35)36)28(37)39-22-12-6-5-10-19(22)18-8-3-2-4-9-18/h2-17H,1H3,(H,29,34)(H,35,36). The maximum absolute atomic E-state index is 13.1. The predicted octanol–water partition coefficient (Wildman–Crippen LogP) is 5.76. The number of carbonyl (C=O) groups excluding carboxylic acids is 2. The monoisotopic (exact) mass is 523 g/mol. The van der Waals surface area contributed by atoms with Crippen LogP contribution in [0.1, 0.15) is 0 Å². The lowest BCUT2D eigenvalue weighted by atomic mass is 10.1. The van der Waals surface area contributed by atoms with E-state index in [0.29, 0.717) is 27.1 Å². The summed E-state index contributed by atoms with van der Waals surface area (Å²) in [6.07, 6.45) is -0.120. The second kappa shape index (κ2) is 10.7. The second-order valence-corrected chi connectivity index (χ2v) is 8.09. The van der Waals surface area contributed by atoms with Crippen LogP contribution >= 0.6 is 0 Å². The van der Waals surface area contributed by atoms with E-state index >= 15 is 0 Å². The zero-order chi connectivity index (χ0) is 27.4. The summed E-state index contributed by atoms with van der Waals surface area (Å²) in [6.45, 7) is 0. The Hall–Kier alpha value is -5.71. The van der Waals surface area contributed by atoms with Crippen molar-refractivity contribution in [3.05, 3.63) is 97.5 Å². The first-order chi connectivity index (χ1) is 19.0. The van der Waals surface area contributed by atoms with E-state index in [1.807, 2.05) is 30.3 Å². The van der Waals surface area contributed by atoms with Crippen LogP contribution in [0.5, 0.6) is 17.4 Å². The molecule has 0 spiro atoms. The van der Waals surface area contributed by atoms with Gasteiger partial charge in [-0.25, -0.2) is 24.4 Å². The van der Waals surface area contributed by atoms with Crippen LogP contribution in [0.3, 0.4) is 0 Å². The van der Waals surface area contributed by atoms with Gasteiger partial charge in [0.2, 0.25) is 5.88 Å². The lowest BCUT2D eigenvalue weighted by Crippen LogP contribution is -2.38. The fourth-order valence-corrected chi connectivity index (χ4v) is 3.97. The third kappa shape index (κ3) is 5.09. The molecule has 0 saturated heterocycles. The molecular formula is C28H21N5O6. The number of hydrogen-bond acceptors (Lipinski definition) is 7. The highest BCUT2D eigenvalue weighted by molar-refractivity contribution is 6.08. The predicted molar refractivity (Wildman–Crippen MR) is 142 cm³/mol. The number of carbonyl (C=O) groups is 3. The highest BCUT2D eigenvalue weighted by atomic mass is 16.6. The number of carboxylic acid groups (broad SMARTS) is 1. The average Bonchev–Trinajstić information content (AvgIpc) is 3.39. The Morgan fingerprint density at radius 3 is 2.41 bits per heavy atom. The number of aromatic nitrogens is 3. The summed E-state index contributed by atoms with van der Waals surface area (Å²) in [4.78, 5) is 45.6. The molecule has 0 radical (unpaired) electrons. The van der Waals surface area contributed by atoms with Gasteiger partial charge in [-0.2, -0.15) is 4.90 Å². The summed E-state index contributed by atoms with van der Waals surface area (Å²) in [5, 5.41) is 13.0. The zero-order valence-electron chi connectivity index (χ0n) is 20.5. The molecule has 0 unspecified atom stereocenters. The molecule has 11 heteroatoms. The Morgan fingerprint density at radius 2 is 1.64 bits per heavy atom. The van der Waals surface area contributed by atoms with Gasteiger partial charge >= 0.3 is 18.2 Å². The van der Waals surface area contributed by atoms with Crippen molar-refractivity contribution in [3.8, 4) is 28.5 Å². The number of nitrogens with one attached hydrogen (secondary N) is 1. The number of benzene rings is 3. The molecule has 2 heterocycles. The number of para-hydroxylation sites is 1. The van der Waals surface area contributed by atoms with E-state index in [1.54, 1.807) is 54.7 Å². The number of fused-ring (bicyclic) bond motifs is 1. The molecular weight excluding hydrogens is 502 g/mol. The molecule has 2 aromatic heterocycles. The van der Waals surface area contributed by atoms with Crippen LogP contribution < -0.4 is 19.7 Å². The lowest BCUT2D eigenvalue weighted by Gasteiger charge is -2.18. The Balaban J connectivity index is 1.42. The van der Waals surface area contributed by atoms with Gasteiger partial charge in [0.15, 0.2) is 5.82 Å². The maximum atomic E-state index is 13.1. The summed E-state index contributed by atoms with van der Waals surface area (Å²) in [5.74, 6) is 0.243. The number of anilines is 1. The number of hydrogen-bond donors (Lipinski definition) is 2. The number of amides is 3. The van der Waals surface area contributed by atoms with E-state index in [0.717, 1.165) is 11.9 Å². The topological polar surface area (TPSA) is 136 Å². The van der Waals surface area contributed by atoms with Crippen molar-refractivity contribution in [3.63, 3.8) is 0 Å². The molecule has 0 aliphatic carbocycles. The van der Waals surface area contributed by atoms with Crippen molar-refractivity contribution in [1.29, 1.82) is 0 Å². The summed E-state index contributed by atoms with van der Waals surface area (Å²) >= 11 is 0. The third-order valence-electron chi connectivity index (χ3n) is 5.74. The molecule has 194 valence electrons. The minimum atomic E-state index is -1.61. The van der Waals surface area contributed by atoms with E-state index in [9.17, 15) is 19.5 Å². The van der Waals surface area contributed by atoms with Crippen LogP contribution in [0.25, 0.3) is 22.0 Å². The highest BCUT2D eigenvalue weighted by Crippen LogP contribution is 2.32. The van der Waals surface area contributed by atoms with Crippen LogP contribution in [0.15, 0.2) is 97.5 Å². The third-order valence-corrected chi connectivity index (χ3v) is 5.74. The smallest absolute Gasteiger partial charge is 0.430 e. The van der Waals surface area contributed by atoms with Crippen molar-refractivity contribution < 1.29 is 29.0 Å². The number of imide groups is 1. The van der Waals surface area contributed by atoms with Gasteiger partial charge in [-0.15, -0.1) is 0 Å². The normalized spacial score (nSPS) is 10.6. The first-order valence-electron chi connectivity index (χ1n) is 11.7. The average molecular weight is 524 g/mol. The zero-order valence-corrected chi connectivity index (χ0v) is 20.5. The number of nitrogens with zero attached hydrogens (tertiary/aromatic N) is 4. The van der Waals surface area contributed by atoms with Crippen LogP contribution in [-0.2, 0) is 0 Å². The van der Waals surface area contributed by atoms with E-state index in [4.69, 9.17) is 9.47 Å². The minimum absolute atomic E-state index is 0.0241. The molecule has 5 aromatic rings. The maximum Gasteiger partial charge on any atom is 0.430 e. The summed E-state index contributed by atoms with van der Waals surface area (Å²) < 4.78 is 12.8. The van der Waals surface area contributed by atoms with Gasteiger partial charge in [0, 0.05) is 30.3 Å². The number of ether oxygens (including phenoxy) is 2. The SMILES string of the molecule is CNC(=O)n1ccc2c(Oc3cc(N(C(=O)O)C(=O)Oc4ccccc4-c4ccccc4)ncn3)cccc21. The van der Waals surface area contributed by atoms with Crippen LogP contribution in [0.2, 0.25) is 0 Å². The molecule has 0 aliphatic rings. The first-order valence-corrected chi connectivity index (χ1v) is 11.7. The van der Waals surface area contributed by atoms with Crippen molar-refractivity contribution in [2.24, 2.45) is 0 Å². The van der Waals surface area contributed by atoms with Gasteiger partial charge in [-0.1, -0.05) is 54.6 Å². The van der Waals surface area contributed by atoms with E-state index in [1.165, 1.54) is 17.7 Å². The van der Waals surface area contributed by atoms with Gasteiger partial charge in [0.25, 0.3) is 0 Å². The summed E-state index contributed by atoms with van der Waals surface area (Å²) in [6, 6.07) is 23.7. The minimum Gasteiger partial charge on any atom is -0.464 e. The molecule has 0 saturated carbocycles. The van der Waals surface area contributed by atoms with Gasteiger partial charge in [-0.3, -0.25) is 4.57 Å². The van der Waals surface area contributed by atoms with Crippen LogP contribution in [0.4, 0.5) is 20.2 Å². The van der Waals surface area contributed by atoms with Crippen LogP contribution in [-0.4, -0.2) is 44.9 Å². The Bertz CT molecular complexity index is 1680. The largest absolute Gasteiger partial charge is 0.464 e. The molecule has 0 fully saturated rings. The van der Waals surface area contributed by atoms with Crippen molar-refractivity contribution in [1.82, 2.24) is 19.9 Å². The molecule has 3 aromatic carbocycles. The van der Waals surface area contributed by atoms with Crippen molar-refractivity contribution in [2.45, 2.75) is 0 Å². The van der Waals surface area contributed by atoms with Crippen LogP contribution in [0, 0.1) is 0 Å².